The molecule has 1 aromatic carbocycles. The van der Waals surface area contributed by atoms with Crippen LogP contribution < -0.4 is 9.64 Å². The SMILES string of the molecule is CCN1c2c(OC)cc(C=O)cc2[C@H](C)CC1(C)C. The number of carbonyl (C=O) groups excluding carboxylic acids is 1. The van der Waals surface area contributed by atoms with Gasteiger partial charge in [-0.2, -0.15) is 0 Å². The van der Waals surface area contributed by atoms with E-state index in [0.29, 0.717) is 11.5 Å². The van der Waals surface area contributed by atoms with Gasteiger partial charge in [0.2, 0.25) is 0 Å². The number of carbonyl (C=O) groups is 1. The number of anilines is 1. The molecule has 0 fully saturated rings. The number of hydrogen-bond acceptors (Lipinski definition) is 3. The van der Waals surface area contributed by atoms with Gasteiger partial charge in [-0.05, 0) is 50.8 Å². The largest absolute Gasteiger partial charge is 0.495 e. The third-order valence-corrected chi connectivity index (χ3v) is 4.14. The molecule has 1 atom stereocenters. The van der Waals surface area contributed by atoms with Gasteiger partial charge in [-0.15, -0.1) is 0 Å². The van der Waals surface area contributed by atoms with Crippen LogP contribution in [-0.2, 0) is 0 Å². The van der Waals surface area contributed by atoms with E-state index in [0.717, 1.165) is 30.7 Å². The third kappa shape index (κ3) is 2.22. The minimum Gasteiger partial charge on any atom is -0.495 e. The predicted octanol–water partition coefficient (Wildman–Crippen LogP) is 3.62. The summed E-state index contributed by atoms with van der Waals surface area (Å²) < 4.78 is 5.53. The zero-order valence-corrected chi connectivity index (χ0v) is 12.5. The Morgan fingerprint density at radius 1 is 1.47 bits per heavy atom. The molecule has 0 amide bonds. The Kier molecular flexibility index (Phi) is 3.57. The van der Waals surface area contributed by atoms with E-state index in [2.05, 4.69) is 32.6 Å². The molecule has 1 aromatic rings. The van der Waals surface area contributed by atoms with E-state index in [1.807, 2.05) is 12.1 Å². The molecule has 1 heterocycles. The van der Waals surface area contributed by atoms with Crippen molar-refractivity contribution in [2.45, 2.75) is 45.6 Å². The van der Waals surface area contributed by atoms with Gasteiger partial charge in [0, 0.05) is 17.6 Å². The lowest BCUT2D eigenvalue weighted by Crippen LogP contribution is -2.48. The Morgan fingerprint density at radius 3 is 2.68 bits per heavy atom. The molecule has 3 heteroatoms. The molecule has 0 radical (unpaired) electrons. The average molecular weight is 261 g/mol. The molecule has 2 rings (SSSR count). The zero-order valence-electron chi connectivity index (χ0n) is 12.5. The molecule has 0 aromatic heterocycles. The lowest BCUT2D eigenvalue weighted by Gasteiger charge is -2.47. The summed E-state index contributed by atoms with van der Waals surface area (Å²) in [6.07, 6.45) is 1.98. The van der Waals surface area contributed by atoms with Crippen molar-refractivity contribution in [1.29, 1.82) is 0 Å². The summed E-state index contributed by atoms with van der Waals surface area (Å²) in [5.74, 6) is 1.24. The van der Waals surface area contributed by atoms with Crippen molar-refractivity contribution in [1.82, 2.24) is 0 Å². The van der Waals surface area contributed by atoms with Gasteiger partial charge < -0.3 is 9.64 Å². The highest BCUT2D eigenvalue weighted by atomic mass is 16.5. The number of rotatable bonds is 3. The molecule has 0 unspecified atom stereocenters. The molecule has 0 spiro atoms. The van der Waals surface area contributed by atoms with Crippen LogP contribution in [0, 0.1) is 0 Å². The van der Waals surface area contributed by atoms with Crippen molar-refractivity contribution >= 4 is 12.0 Å². The van der Waals surface area contributed by atoms with Gasteiger partial charge in [0.1, 0.15) is 12.0 Å². The molecular formula is C16H23NO2. The number of ether oxygens (including phenoxy) is 1. The fraction of sp³-hybridized carbons (Fsp3) is 0.562. The highest BCUT2D eigenvalue weighted by molar-refractivity contribution is 5.81. The van der Waals surface area contributed by atoms with Crippen molar-refractivity contribution in [2.24, 2.45) is 0 Å². The monoisotopic (exact) mass is 261 g/mol. The van der Waals surface area contributed by atoms with Crippen LogP contribution in [0.4, 0.5) is 5.69 Å². The molecule has 0 bridgehead atoms. The van der Waals surface area contributed by atoms with Crippen molar-refractivity contribution in [3.8, 4) is 5.75 Å². The summed E-state index contributed by atoms with van der Waals surface area (Å²) in [6, 6.07) is 3.84. The first-order valence-electron chi connectivity index (χ1n) is 6.89. The van der Waals surface area contributed by atoms with E-state index in [9.17, 15) is 4.79 Å². The summed E-state index contributed by atoms with van der Waals surface area (Å²) in [5.41, 5.74) is 3.18. The van der Waals surface area contributed by atoms with E-state index < -0.39 is 0 Å². The third-order valence-electron chi connectivity index (χ3n) is 4.14. The molecular weight excluding hydrogens is 238 g/mol. The summed E-state index contributed by atoms with van der Waals surface area (Å²) in [5, 5.41) is 0. The lowest BCUT2D eigenvalue weighted by atomic mass is 9.79. The van der Waals surface area contributed by atoms with Crippen molar-refractivity contribution < 1.29 is 9.53 Å². The maximum atomic E-state index is 11.1. The molecule has 0 saturated carbocycles. The minimum atomic E-state index is 0.108. The van der Waals surface area contributed by atoms with E-state index >= 15 is 0 Å². The van der Waals surface area contributed by atoms with Crippen LogP contribution in [-0.4, -0.2) is 25.5 Å². The fourth-order valence-corrected chi connectivity index (χ4v) is 3.40. The maximum Gasteiger partial charge on any atom is 0.150 e. The zero-order chi connectivity index (χ0) is 14.2. The summed E-state index contributed by atoms with van der Waals surface area (Å²) >= 11 is 0. The van der Waals surface area contributed by atoms with Crippen molar-refractivity contribution in [3.05, 3.63) is 23.3 Å². The fourth-order valence-electron chi connectivity index (χ4n) is 3.40. The van der Waals surface area contributed by atoms with Crippen LogP contribution in [0.25, 0.3) is 0 Å². The van der Waals surface area contributed by atoms with E-state index in [4.69, 9.17) is 4.74 Å². The number of nitrogens with zero attached hydrogens (tertiary/aromatic N) is 1. The van der Waals surface area contributed by atoms with Crippen LogP contribution >= 0.6 is 0 Å². The Morgan fingerprint density at radius 2 is 2.16 bits per heavy atom. The number of hydrogen-bond donors (Lipinski definition) is 0. The number of aldehydes is 1. The highest BCUT2D eigenvalue weighted by Gasteiger charge is 2.37. The average Bonchev–Trinajstić information content (AvgIpc) is 2.37. The molecule has 0 aliphatic carbocycles. The Labute approximate surface area is 115 Å². The normalized spacial score (nSPS) is 20.9. The Hall–Kier alpha value is -1.51. The Balaban J connectivity index is 2.69. The first-order valence-corrected chi connectivity index (χ1v) is 6.89. The topological polar surface area (TPSA) is 29.5 Å². The molecule has 19 heavy (non-hydrogen) atoms. The van der Waals surface area contributed by atoms with E-state index in [-0.39, 0.29) is 5.54 Å². The second-order valence-corrected chi connectivity index (χ2v) is 5.94. The van der Waals surface area contributed by atoms with Gasteiger partial charge in [-0.25, -0.2) is 0 Å². The second-order valence-electron chi connectivity index (χ2n) is 5.94. The van der Waals surface area contributed by atoms with E-state index in [1.54, 1.807) is 7.11 Å². The first-order chi connectivity index (χ1) is 8.94. The molecule has 3 nitrogen and oxygen atoms in total. The molecule has 1 aliphatic heterocycles. The minimum absolute atomic E-state index is 0.108. The summed E-state index contributed by atoms with van der Waals surface area (Å²) in [6.45, 7) is 9.85. The predicted molar refractivity (Wildman–Crippen MR) is 78.5 cm³/mol. The molecule has 0 N–H and O–H groups in total. The van der Waals surface area contributed by atoms with Crippen LogP contribution in [0.15, 0.2) is 12.1 Å². The van der Waals surface area contributed by atoms with E-state index in [1.165, 1.54) is 5.56 Å². The smallest absolute Gasteiger partial charge is 0.150 e. The molecule has 1 aliphatic rings. The number of methoxy groups -OCH3 is 1. The standard InChI is InChI=1S/C16H23NO2/c1-6-17-15-13(11(2)9-16(17,3)4)7-12(10-18)8-14(15)19-5/h7-8,10-11H,6,9H2,1-5H3/t11-/m1/s1. The quantitative estimate of drug-likeness (QED) is 0.778. The van der Waals surface area contributed by atoms with Gasteiger partial charge in [0.05, 0.1) is 12.8 Å². The van der Waals surface area contributed by atoms with Gasteiger partial charge in [-0.1, -0.05) is 6.92 Å². The highest BCUT2D eigenvalue weighted by Crippen LogP contribution is 2.47. The Bertz CT molecular complexity index is 494. The number of benzene rings is 1. The lowest BCUT2D eigenvalue weighted by molar-refractivity contribution is 0.112. The summed E-state index contributed by atoms with van der Waals surface area (Å²) in [7, 11) is 1.67. The van der Waals surface area contributed by atoms with Crippen LogP contribution in [0.5, 0.6) is 5.75 Å². The summed E-state index contributed by atoms with van der Waals surface area (Å²) in [4.78, 5) is 13.5. The number of fused-ring (bicyclic) bond motifs is 1. The molecule has 0 saturated heterocycles. The second kappa shape index (κ2) is 4.87. The van der Waals surface area contributed by atoms with Gasteiger partial charge in [-0.3, -0.25) is 4.79 Å². The van der Waals surface area contributed by atoms with Crippen LogP contribution in [0.2, 0.25) is 0 Å². The van der Waals surface area contributed by atoms with Gasteiger partial charge in [0.15, 0.2) is 0 Å². The van der Waals surface area contributed by atoms with Crippen molar-refractivity contribution in [2.75, 3.05) is 18.6 Å². The van der Waals surface area contributed by atoms with Gasteiger partial charge >= 0.3 is 0 Å². The van der Waals surface area contributed by atoms with Crippen molar-refractivity contribution in [3.63, 3.8) is 0 Å². The van der Waals surface area contributed by atoms with Gasteiger partial charge in [0.25, 0.3) is 0 Å². The van der Waals surface area contributed by atoms with Crippen LogP contribution in [0.3, 0.4) is 0 Å². The first kappa shape index (κ1) is 13.9. The maximum absolute atomic E-state index is 11.1. The molecule has 104 valence electrons. The van der Waals surface area contributed by atoms with Crippen LogP contribution in [0.1, 0.15) is 56.0 Å².